The number of Topliss-reactive ketones (excluding diaryl/α,β-unsaturated/α-hetero) is 1. The summed E-state index contributed by atoms with van der Waals surface area (Å²) in [7, 11) is 0.216. The van der Waals surface area contributed by atoms with Crippen molar-refractivity contribution < 1.29 is 57.3 Å². The Bertz CT molecular complexity index is 2920. The van der Waals surface area contributed by atoms with Crippen LogP contribution in [0.1, 0.15) is 107 Å². The summed E-state index contributed by atoms with van der Waals surface area (Å²) in [6.45, 7) is 18.0. The normalized spacial score (nSPS) is 27.2. The Kier molecular flexibility index (Phi) is 24.1. The minimum Gasteiger partial charge on any atom is -0.455 e. The minimum atomic E-state index is -2.73. The van der Waals surface area contributed by atoms with Gasteiger partial charge in [0.25, 0.3) is 14.2 Å². The smallest absolute Gasteiger partial charge is 0.303 e. The number of fused-ring (bicyclic) bond motifs is 3. The average molecular weight is 1220 g/mol. The number of guanidine groups is 1. The lowest BCUT2D eigenvalue weighted by Gasteiger charge is -2.44. The van der Waals surface area contributed by atoms with Crippen LogP contribution < -0.4 is 31.6 Å². The number of benzene rings is 2. The van der Waals surface area contributed by atoms with E-state index in [2.05, 4.69) is 95.5 Å². The number of rotatable bonds is 20. The second-order valence-corrected chi connectivity index (χ2v) is 29.8. The topological polar surface area (TPSA) is 244 Å². The molecule has 4 aliphatic heterocycles. The molecule has 0 aromatic heterocycles. The molecule has 86 heavy (non-hydrogen) atoms. The highest BCUT2D eigenvalue weighted by Crippen LogP contribution is 2.38. The van der Waals surface area contributed by atoms with Gasteiger partial charge in [-0.2, -0.15) is 0 Å². The number of carbonyl (C=O) groups is 7. The van der Waals surface area contributed by atoms with Crippen molar-refractivity contribution in [2.75, 3.05) is 59.3 Å². The van der Waals surface area contributed by atoms with Gasteiger partial charge in [0.15, 0.2) is 12.1 Å². The van der Waals surface area contributed by atoms with Crippen molar-refractivity contribution in [2.24, 2.45) is 16.8 Å². The van der Waals surface area contributed by atoms with Crippen molar-refractivity contribution in [2.45, 2.75) is 154 Å². The van der Waals surface area contributed by atoms with Crippen LogP contribution >= 0.6 is 11.8 Å². The second kappa shape index (κ2) is 30.9. The Morgan fingerprint density at radius 2 is 1.59 bits per heavy atom. The van der Waals surface area contributed by atoms with E-state index in [1.807, 2.05) is 26.0 Å². The number of ketones is 2. The van der Waals surface area contributed by atoms with Crippen LogP contribution in [0.4, 0.5) is 0 Å². The van der Waals surface area contributed by atoms with Crippen LogP contribution in [0.5, 0.6) is 0 Å². The van der Waals surface area contributed by atoms with E-state index in [0.717, 1.165) is 38.0 Å². The van der Waals surface area contributed by atoms with Gasteiger partial charge in [0.2, 0.25) is 29.3 Å². The van der Waals surface area contributed by atoms with Crippen LogP contribution in [0.15, 0.2) is 124 Å². The molecule has 0 spiro atoms. The fraction of sp³-hybridized carbons (Fsp3) is 0.538. The quantitative estimate of drug-likeness (QED) is 0.0281. The number of likely N-dealkylation sites (tertiary alicyclic amines) is 1. The molecule has 2 aromatic carbocycles. The van der Waals surface area contributed by atoms with E-state index in [4.69, 9.17) is 23.6 Å². The third kappa shape index (κ3) is 17.0. The molecular formula is C65H89N7O12SSi. The van der Waals surface area contributed by atoms with Crippen molar-refractivity contribution in [1.29, 1.82) is 0 Å². The maximum Gasteiger partial charge on any atom is 0.303 e. The van der Waals surface area contributed by atoms with Gasteiger partial charge in [-0.1, -0.05) is 120 Å². The van der Waals surface area contributed by atoms with E-state index in [0.29, 0.717) is 37.2 Å². The summed E-state index contributed by atoms with van der Waals surface area (Å²) in [6.07, 6.45) is 7.36. The molecule has 9 atom stereocenters. The summed E-state index contributed by atoms with van der Waals surface area (Å²) in [5, 5.41) is 25.7. The Hall–Kier alpha value is -6.49. The van der Waals surface area contributed by atoms with Crippen LogP contribution in [0, 0.1) is 11.8 Å². The lowest BCUT2D eigenvalue weighted by Crippen LogP contribution is -2.67. The zero-order valence-corrected chi connectivity index (χ0v) is 53.5. The number of allylic oxidation sites excluding steroid dienone is 4. The van der Waals surface area contributed by atoms with Gasteiger partial charge >= 0.3 is 5.97 Å². The Labute approximate surface area is 512 Å². The predicted octanol–water partition coefficient (Wildman–Crippen LogP) is 5.34. The number of nitrogens with one attached hydrogen (secondary N) is 4. The number of ether oxygens (including phenoxy) is 3. The summed E-state index contributed by atoms with van der Waals surface area (Å²) in [5.41, 5.74) is 0.905. The number of methoxy groups -OCH3 is 2. The summed E-state index contributed by atoms with van der Waals surface area (Å²) in [6, 6.07) is 21.3. The van der Waals surface area contributed by atoms with Crippen molar-refractivity contribution in [3.8, 4) is 0 Å². The first-order valence-corrected chi connectivity index (χ1v) is 33.1. The van der Waals surface area contributed by atoms with Crippen LogP contribution in [-0.4, -0.2) is 171 Å². The average Bonchev–Trinajstić information content (AvgIpc) is 1.19. The molecule has 466 valence electrons. The van der Waals surface area contributed by atoms with E-state index in [9.17, 15) is 38.7 Å². The number of amides is 4. The number of aliphatic hydroxyl groups is 1. The monoisotopic (exact) mass is 1220 g/mol. The van der Waals surface area contributed by atoms with Gasteiger partial charge in [0.05, 0.1) is 41.5 Å². The van der Waals surface area contributed by atoms with Crippen LogP contribution in [0.25, 0.3) is 0 Å². The molecule has 21 heteroatoms. The maximum atomic E-state index is 14.2. The first-order valence-electron chi connectivity index (χ1n) is 30.1. The molecule has 5 N–H and O–H groups in total. The van der Waals surface area contributed by atoms with Gasteiger partial charge < -0.3 is 49.9 Å². The van der Waals surface area contributed by atoms with E-state index >= 15 is 0 Å². The maximum absolute atomic E-state index is 14.2. The van der Waals surface area contributed by atoms with E-state index < -0.39 is 67.3 Å². The third-order valence-electron chi connectivity index (χ3n) is 16.6. The number of hydrogen-bond donors (Lipinski definition) is 5. The molecule has 2 fully saturated rings. The van der Waals surface area contributed by atoms with Gasteiger partial charge in [0.1, 0.15) is 6.10 Å². The number of carbonyl (C=O) groups excluding carboxylic acids is 7. The molecule has 2 bridgehead atoms. The molecule has 4 heterocycles. The van der Waals surface area contributed by atoms with Crippen LogP contribution in [-0.2, 0) is 52.2 Å². The molecule has 19 nitrogen and oxygen atoms in total. The molecule has 7 rings (SSSR count). The Morgan fingerprint density at radius 3 is 2.24 bits per heavy atom. The molecule has 4 amide bonds. The van der Waals surface area contributed by atoms with E-state index in [1.54, 1.807) is 32.1 Å². The Morgan fingerprint density at radius 1 is 0.907 bits per heavy atom. The lowest BCUT2D eigenvalue weighted by molar-refractivity contribution is -0.149. The van der Waals surface area contributed by atoms with Crippen LogP contribution in [0.3, 0.4) is 0 Å². The van der Waals surface area contributed by atoms with Crippen molar-refractivity contribution in [3.05, 3.63) is 119 Å². The largest absolute Gasteiger partial charge is 0.455 e. The first kappa shape index (κ1) is 67.0. The molecule has 0 saturated carbocycles. The van der Waals surface area contributed by atoms with Gasteiger partial charge in [-0.3, -0.25) is 38.5 Å². The zero-order valence-electron chi connectivity index (χ0n) is 51.7. The van der Waals surface area contributed by atoms with Crippen molar-refractivity contribution in [1.82, 2.24) is 31.1 Å². The molecule has 2 aromatic rings. The standard InChI is InChI=1S/C65H89N7O12SSi/c1-41-34-50-58(52(74)37-51(60(50)78)70-62(79)42(2)20-17-25-53(81-9)61(84-45(5)73)44(4)36-43(3)59(77)54(35-41)82-10)67-30-19-29-66-56(75)26-18-31-72-57(76)38-55(63(72)80)85-40-47-28-33-71-32-27-46(68-64(71)69-47)39-83-86(65(6,7)8,48-21-13-11-14-22-48)49-23-15-12-16-24-49/h11-17,20-25,36-37,41,43,46-47,53-55,59,61,67,77H,18-19,26-35,38-40H2,1-10H3,(H,66,75)(H,68,69)(H,70,79)/b25-17-,42-20+,44-36+/t41-,43+,46-,47-,53+,54+,55?,59-,61+/m1/s1. The molecule has 2 saturated heterocycles. The number of esters is 1. The summed E-state index contributed by atoms with van der Waals surface area (Å²) >= 11 is 1.49. The highest BCUT2D eigenvalue weighted by Gasteiger charge is 2.51. The molecule has 1 aliphatic carbocycles. The number of imide groups is 1. The number of hydrogen-bond acceptors (Lipinski definition) is 17. The SMILES string of the molecule is CO[C@H]1/C=C\C=C(/C)C(=O)NC2=CC(=O)C(NCCCNC(=O)CCCN3C(=O)CC(SC[C@H]4CCN5CC[C@H](CO[Si](c6ccccc6)(c6ccccc6)C(C)(C)C)N=C5N4)C3=O)=C(C[C@@H](C)C[C@H](OC)[C@H](O)[C@@H](C)/C=C(\C)[C@@H]1OC(C)=O)C2=O. The number of aliphatic imine (C=N–C) groups is 1. The predicted molar refractivity (Wildman–Crippen MR) is 336 cm³/mol. The molecule has 1 unspecified atom stereocenters. The zero-order chi connectivity index (χ0) is 62.3. The van der Waals surface area contributed by atoms with Crippen molar-refractivity contribution in [3.63, 3.8) is 0 Å². The van der Waals surface area contributed by atoms with Gasteiger partial charge in [0, 0.05) is 102 Å². The van der Waals surface area contributed by atoms with E-state index in [-0.39, 0.29) is 102 Å². The Balaban J connectivity index is 0.883. The summed E-state index contributed by atoms with van der Waals surface area (Å²) < 4.78 is 24.4. The fourth-order valence-corrected chi connectivity index (χ4v) is 17.8. The number of thioether (sulfide) groups is 1. The molecule has 5 aliphatic rings. The summed E-state index contributed by atoms with van der Waals surface area (Å²) in [4.78, 5) is 102. The highest BCUT2D eigenvalue weighted by atomic mass is 32.2. The molecule has 0 radical (unpaired) electrons. The lowest BCUT2D eigenvalue weighted by atomic mass is 9.85. The highest BCUT2D eigenvalue weighted by molar-refractivity contribution is 8.00. The molecular weight excluding hydrogens is 1130 g/mol. The third-order valence-corrected chi connectivity index (χ3v) is 23.0. The van der Waals surface area contributed by atoms with Crippen molar-refractivity contribution >= 4 is 77.6 Å². The van der Waals surface area contributed by atoms with Crippen LogP contribution in [0.2, 0.25) is 5.04 Å². The summed E-state index contributed by atoms with van der Waals surface area (Å²) in [5.74, 6) is -2.21. The van der Waals surface area contributed by atoms with Gasteiger partial charge in [-0.15, -0.1) is 11.8 Å². The number of aliphatic hydroxyl groups excluding tert-OH is 1. The second-order valence-electron chi connectivity index (χ2n) is 24.2. The fourth-order valence-electron chi connectivity index (χ4n) is 12.0. The number of nitrogens with zero attached hydrogens (tertiary/aromatic N) is 3. The minimum absolute atomic E-state index is 0.0210. The van der Waals surface area contributed by atoms with E-state index in [1.165, 1.54) is 54.3 Å². The van der Waals surface area contributed by atoms with Gasteiger partial charge in [-0.05, 0) is 79.3 Å². The first-order chi connectivity index (χ1) is 41.0. The van der Waals surface area contributed by atoms with Gasteiger partial charge in [-0.25, -0.2) is 4.99 Å².